The van der Waals surface area contributed by atoms with Crippen LogP contribution in [0.3, 0.4) is 0 Å². The number of nitrogens with zero attached hydrogens (tertiary/aromatic N) is 1. The first-order chi connectivity index (χ1) is 10.4. The Bertz CT molecular complexity index is 605. The lowest BCUT2D eigenvalue weighted by atomic mass is 10.1. The lowest BCUT2D eigenvalue weighted by Crippen LogP contribution is -2.52. The fraction of sp³-hybridized carbons (Fsp3) is 0.467. The number of methoxy groups -OCH3 is 1. The summed E-state index contributed by atoms with van der Waals surface area (Å²) < 4.78 is 16.4. The van der Waals surface area contributed by atoms with Crippen LogP contribution in [0, 0.1) is 0 Å². The Morgan fingerprint density at radius 3 is 2.77 bits per heavy atom. The van der Waals surface area contributed by atoms with E-state index in [0.717, 1.165) is 0 Å². The van der Waals surface area contributed by atoms with Crippen molar-refractivity contribution >= 4 is 28.5 Å². The molecular formula is C15H20N2O4S. The van der Waals surface area contributed by atoms with Gasteiger partial charge >= 0.3 is 6.09 Å². The van der Waals surface area contributed by atoms with E-state index < -0.39 is 16.9 Å². The highest BCUT2D eigenvalue weighted by molar-refractivity contribution is 7.85. The average Bonchev–Trinajstić information content (AvgIpc) is 2.52. The van der Waals surface area contributed by atoms with Gasteiger partial charge in [-0.25, -0.2) is 4.79 Å². The van der Waals surface area contributed by atoms with Crippen molar-refractivity contribution in [3.05, 3.63) is 29.8 Å². The summed E-state index contributed by atoms with van der Waals surface area (Å²) in [6.07, 6.45) is -0.583. The predicted molar refractivity (Wildman–Crippen MR) is 85.4 cm³/mol. The molecule has 120 valence electrons. The maximum Gasteiger partial charge on any atom is 0.411 e. The molecule has 0 bridgehead atoms. The molecule has 7 heteroatoms. The second-order valence-electron chi connectivity index (χ2n) is 5.23. The molecule has 6 nitrogen and oxygen atoms in total. The molecule has 1 aromatic rings. The van der Waals surface area contributed by atoms with Crippen LogP contribution in [0.4, 0.5) is 10.5 Å². The van der Waals surface area contributed by atoms with E-state index in [1.807, 2.05) is 13.8 Å². The second-order valence-corrected chi connectivity index (χ2v) is 7.14. The maximum atomic E-state index is 12.7. The van der Waals surface area contributed by atoms with Crippen LogP contribution in [-0.2, 0) is 15.5 Å². The van der Waals surface area contributed by atoms with E-state index in [4.69, 9.17) is 0 Å². The van der Waals surface area contributed by atoms with Crippen molar-refractivity contribution in [2.75, 3.05) is 24.7 Å². The molecule has 0 aromatic heterocycles. The summed E-state index contributed by atoms with van der Waals surface area (Å²) in [5, 5.41) is 2.49. The summed E-state index contributed by atoms with van der Waals surface area (Å²) in [5.74, 6) is 0.377. The topological polar surface area (TPSA) is 75.7 Å². The average molecular weight is 324 g/mol. The third-order valence-corrected chi connectivity index (χ3v) is 5.73. The van der Waals surface area contributed by atoms with Crippen LogP contribution < -0.4 is 5.32 Å². The standard InChI is InChI=1S/C15H20N2O4S/c1-10-11(2)22(20)8-7-17(10)14(18)12-5-4-6-13(9-12)16-15(19)21-3/h4-6,9-11H,7-8H2,1-3H3,(H,16,19)/t10-,11-,22+/m0/s1. The number of carbonyl (C=O) groups excluding carboxylic acids is 2. The number of carbonyl (C=O) groups is 2. The number of benzene rings is 1. The normalized spacial score (nSPS) is 24.7. The molecule has 0 unspecified atom stereocenters. The first kappa shape index (κ1) is 16.5. The highest BCUT2D eigenvalue weighted by atomic mass is 32.2. The van der Waals surface area contributed by atoms with Gasteiger partial charge in [0.05, 0.1) is 12.4 Å². The van der Waals surface area contributed by atoms with Crippen molar-refractivity contribution in [1.29, 1.82) is 0 Å². The third-order valence-electron chi connectivity index (χ3n) is 3.92. The van der Waals surface area contributed by atoms with Gasteiger partial charge in [0.2, 0.25) is 0 Å². The summed E-state index contributed by atoms with van der Waals surface area (Å²) in [7, 11) is 0.389. The number of hydrogen-bond donors (Lipinski definition) is 1. The summed E-state index contributed by atoms with van der Waals surface area (Å²) >= 11 is 0. The van der Waals surface area contributed by atoms with E-state index in [1.165, 1.54) is 7.11 Å². The van der Waals surface area contributed by atoms with Crippen molar-refractivity contribution < 1.29 is 18.5 Å². The Morgan fingerprint density at radius 1 is 1.36 bits per heavy atom. The van der Waals surface area contributed by atoms with E-state index in [2.05, 4.69) is 10.1 Å². The molecule has 1 saturated heterocycles. The number of hydrogen-bond acceptors (Lipinski definition) is 4. The van der Waals surface area contributed by atoms with Crippen molar-refractivity contribution in [3.63, 3.8) is 0 Å². The van der Waals surface area contributed by atoms with Gasteiger partial charge in [-0.2, -0.15) is 0 Å². The summed E-state index contributed by atoms with van der Waals surface area (Å²) in [6.45, 7) is 4.29. The molecule has 1 aliphatic rings. The molecule has 0 radical (unpaired) electrons. The second kappa shape index (κ2) is 6.91. The third kappa shape index (κ3) is 3.47. The van der Waals surface area contributed by atoms with Crippen LogP contribution in [-0.4, -0.2) is 51.8 Å². The molecular weight excluding hydrogens is 304 g/mol. The molecule has 2 rings (SSSR count). The van der Waals surface area contributed by atoms with Crippen molar-refractivity contribution in [2.45, 2.75) is 25.1 Å². The molecule has 1 N–H and O–H groups in total. The minimum atomic E-state index is -0.890. The number of amides is 2. The van der Waals surface area contributed by atoms with Crippen LogP contribution in [0.2, 0.25) is 0 Å². The smallest absolute Gasteiger partial charge is 0.411 e. The molecule has 0 spiro atoms. The van der Waals surface area contributed by atoms with Gasteiger partial charge in [0, 0.05) is 40.4 Å². The van der Waals surface area contributed by atoms with Gasteiger partial charge in [-0.05, 0) is 32.0 Å². The Balaban J connectivity index is 2.17. The summed E-state index contributed by atoms with van der Waals surface area (Å²) in [6, 6.07) is 6.62. The predicted octanol–water partition coefficient (Wildman–Crippen LogP) is 1.85. The minimum absolute atomic E-state index is 0.0472. The van der Waals surface area contributed by atoms with Gasteiger partial charge in [0.25, 0.3) is 5.91 Å². The summed E-state index contributed by atoms with van der Waals surface area (Å²) in [5.41, 5.74) is 0.986. The van der Waals surface area contributed by atoms with Crippen molar-refractivity contribution in [2.24, 2.45) is 0 Å². The molecule has 3 atom stereocenters. The van der Waals surface area contributed by atoms with Crippen LogP contribution in [0.25, 0.3) is 0 Å². The summed E-state index contributed by atoms with van der Waals surface area (Å²) in [4.78, 5) is 25.6. The highest BCUT2D eigenvalue weighted by Crippen LogP contribution is 2.20. The fourth-order valence-corrected chi connectivity index (χ4v) is 3.74. The highest BCUT2D eigenvalue weighted by Gasteiger charge is 2.33. The van der Waals surface area contributed by atoms with E-state index in [0.29, 0.717) is 23.5 Å². The van der Waals surface area contributed by atoms with Gasteiger partial charge < -0.3 is 9.64 Å². The van der Waals surface area contributed by atoms with E-state index >= 15 is 0 Å². The van der Waals surface area contributed by atoms with Crippen molar-refractivity contribution in [1.82, 2.24) is 4.90 Å². The monoisotopic (exact) mass is 324 g/mol. The molecule has 1 heterocycles. The van der Waals surface area contributed by atoms with Crippen LogP contribution in [0.1, 0.15) is 24.2 Å². The molecule has 0 aliphatic carbocycles. The minimum Gasteiger partial charge on any atom is -0.453 e. The largest absolute Gasteiger partial charge is 0.453 e. The zero-order valence-electron chi connectivity index (χ0n) is 12.9. The van der Waals surface area contributed by atoms with Crippen LogP contribution in [0.15, 0.2) is 24.3 Å². The van der Waals surface area contributed by atoms with Gasteiger partial charge in [0.1, 0.15) is 0 Å². The molecule has 22 heavy (non-hydrogen) atoms. The Kier molecular flexibility index (Phi) is 5.18. The zero-order chi connectivity index (χ0) is 16.3. The van der Waals surface area contributed by atoms with Crippen LogP contribution >= 0.6 is 0 Å². The first-order valence-corrected chi connectivity index (χ1v) is 8.45. The number of ether oxygens (including phenoxy) is 1. The Labute approximate surface area is 132 Å². The molecule has 1 fully saturated rings. The molecule has 1 aliphatic heterocycles. The maximum absolute atomic E-state index is 12.7. The lowest BCUT2D eigenvalue weighted by Gasteiger charge is -2.37. The molecule has 2 amide bonds. The van der Waals surface area contributed by atoms with Gasteiger partial charge in [-0.15, -0.1) is 0 Å². The van der Waals surface area contributed by atoms with E-state index in [-0.39, 0.29) is 17.2 Å². The SMILES string of the molecule is COC(=O)Nc1cccc(C(=O)N2CC[S@@](=O)[C@@H](C)[C@@H]2C)c1. The fourth-order valence-electron chi connectivity index (χ4n) is 2.40. The Hall–Kier alpha value is -1.89. The number of anilines is 1. The quantitative estimate of drug-likeness (QED) is 0.901. The Morgan fingerprint density at radius 2 is 2.09 bits per heavy atom. The number of nitrogens with one attached hydrogen (secondary N) is 1. The molecule has 1 aromatic carbocycles. The van der Waals surface area contributed by atoms with Gasteiger partial charge in [-0.3, -0.25) is 14.3 Å². The van der Waals surface area contributed by atoms with E-state index in [1.54, 1.807) is 29.2 Å². The molecule has 0 saturated carbocycles. The zero-order valence-corrected chi connectivity index (χ0v) is 13.7. The first-order valence-electron chi connectivity index (χ1n) is 7.07. The van der Waals surface area contributed by atoms with Crippen LogP contribution in [0.5, 0.6) is 0 Å². The lowest BCUT2D eigenvalue weighted by molar-refractivity contribution is 0.0695. The van der Waals surface area contributed by atoms with Gasteiger partial charge in [-0.1, -0.05) is 6.07 Å². The van der Waals surface area contributed by atoms with E-state index in [9.17, 15) is 13.8 Å². The van der Waals surface area contributed by atoms with Gasteiger partial charge in [0.15, 0.2) is 0 Å². The number of rotatable bonds is 2. The van der Waals surface area contributed by atoms with Crippen molar-refractivity contribution in [3.8, 4) is 0 Å².